The largest absolute Gasteiger partial charge is 0.365 e. The molecule has 25 heavy (non-hydrogen) atoms. The first-order valence-corrected chi connectivity index (χ1v) is 7.95. The third kappa shape index (κ3) is 3.38. The van der Waals surface area contributed by atoms with Gasteiger partial charge in [0.2, 0.25) is 0 Å². The Balaban J connectivity index is 1.66. The minimum atomic E-state index is -0.755. The Morgan fingerprint density at radius 1 is 1.32 bits per heavy atom. The lowest BCUT2D eigenvalue weighted by Crippen LogP contribution is -2.34. The van der Waals surface area contributed by atoms with E-state index < -0.39 is 23.4 Å². The van der Waals surface area contributed by atoms with Crippen LogP contribution in [0.25, 0.3) is 0 Å². The van der Waals surface area contributed by atoms with Crippen molar-refractivity contribution in [1.82, 2.24) is 15.1 Å². The van der Waals surface area contributed by atoms with Crippen LogP contribution in [-0.4, -0.2) is 28.1 Å². The van der Waals surface area contributed by atoms with Gasteiger partial charge in [-0.2, -0.15) is 5.10 Å². The van der Waals surface area contributed by atoms with Gasteiger partial charge in [0.15, 0.2) is 0 Å². The fraction of sp³-hybridized carbons (Fsp3) is 0.353. The maximum Gasteiger partial charge on any atom is 0.254 e. The summed E-state index contributed by atoms with van der Waals surface area (Å²) < 4.78 is 29.1. The highest BCUT2D eigenvalue weighted by molar-refractivity contribution is 5.94. The first-order valence-electron chi connectivity index (χ1n) is 7.95. The molecule has 1 aliphatic rings. The van der Waals surface area contributed by atoms with Crippen molar-refractivity contribution >= 4 is 11.8 Å². The topological polar surface area (TPSA) is 90.0 Å². The van der Waals surface area contributed by atoms with Crippen molar-refractivity contribution in [3.05, 3.63) is 52.3 Å². The summed E-state index contributed by atoms with van der Waals surface area (Å²) >= 11 is 0. The first kappa shape index (κ1) is 17.1. The van der Waals surface area contributed by atoms with Gasteiger partial charge in [-0.3, -0.25) is 14.3 Å². The maximum absolute atomic E-state index is 13.9. The molecule has 1 aromatic heterocycles. The van der Waals surface area contributed by atoms with E-state index in [1.54, 1.807) is 4.68 Å². The number of carbonyl (C=O) groups is 2. The van der Waals surface area contributed by atoms with Crippen LogP contribution in [-0.2, 0) is 13.0 Å². The highest BCUT2D eigenvalue weighted by atomic mass is 19.1. The number of aryl methyl sites for hydroxylation is 2. The fourth-order valence-corrected chi connectivity index (χ4v) is 3.03. The van der Waals surface area contributed by atoms with E-state index in [1.807, 2.05) is 0 Å². The Morgan fingerprint density at radius 2 is 2.08 bits per heavy atom. The number of nitrogens with one attached hydrogen (secondary N) is 1. The molecule has 2 heterocycles. The molecule has 0 unspecified atom stereocenters. The van der Waals surface area contributed by atoms with Crippen LogP contribution in [0.4, 0.5) is 8.78 Å². The summed E-state index contributed by atoms with van der Waals surface area (Å²) in [5.74, 6) is -2.52. The van der Waals surface area contributed by atoms with Gasteiger partial charge in [-0.1, -0.05) is 0 Å². The number of hydrogen-bond donors (Lipinski definition) is 2. The number of benzene rings is 1. The molecule has 0 aliphatic carbocycles. The molecule has 0 radical (unpaired) electrons. The van der Waals surface area contributed by atoms with Gasteiger partial charge in [0.25, 0.3) is 11.8 Å². The smallest absolute Gasteiger partial charge is 0.254 e. The first-order chi connectivity index (χ1) is 11.9. The Morgan fingerprint density at radius 3 is 2.80 bits per heavy atom. The van der Waals surface area contributed by atoms with E-state index in [0.717, 1.165) is 24.2 Å². The van der Waals surface area contributed by atoms with Crippen molar-refractivity contribution in [2.75, 3.05) is 6.54 Å². The van der Waals surface area contributed by atoms with Crippen molar-refractivity contribution in [3.8, 4) is 0 Å². The molecule has 0 fully saturated rings. The molecule has 0 saturated heterocycles. The SMILES string of the molecule is Cc1cc(F)c(C(=O)NC[C@@H]2CCn3ncc(C(N)=O)c3C2)cc1F. The summed E-state index contributed by atoms with van der Waals surface area (Å²) in [5, 5.41) is 6.76. The van der Waals surface area contributed by atoms with Crippen molar-refractivity contribution < 1.29 is 18.4 Å². The van der Waals surface area contributed by atoms with Crippen LogP contribution in [0.2, 0.25) is 0 Å². The molecule has 3 rings (SSSR count). The van der Waals surface area contributed by atoms with Crippen LogP contribution in [0.5, 0.6) is 0 Å². The van der Waals surface area contributed by atoms with Crippen LogP contribution in [0.3, 0.4) is 0 Å². The molecule has 6 nitrogen and oxygen atoms in total. The molecule has 8 heteroatoms. The number of amides is 2. The predicted octanol–water partition coefficient (Wildman–Crippen LogP) is 1.56. The zero-order valence-electron chi connectivity index (χ0n) is 13.7. The van der Waals surface area contributed by atoms with Gasteiger partial charge < -0.3 is 11.1 Å². The summed E-state index contributed by atoms with van der Waals surface area (Å²) in [6.45, 7) is 2.33. The number of carbonyl (C=O) groups excluding carboxylic acids is 2. The van der Waals surface area contributed by atoms with Crippen LogP contribution >= 0.6 is 0 Å². The third-order valence-electron chi connectivity index (χ3n) is 4.49. The summed E-state index contributed by atoms with van der Waals surface area (Å²) in [5.41, 5.74) is 6.28. The number of rotatable bonds is 4. The predicted molar refractivity (Wildman–Crippen MR) is 86.0 cm³/mol. The maximum atomic E-state index is 13.9. The average molecular weight is 348 g/mol. The molecule has 132 valence electrons. The number of primary amides is 1. The van der Waals surface area contributed by atoms with Gasteiger partial charge in [0.1, 0.15) is 11.6 Å². The second-order valence-corrected chi connectivity index (χ2v) is 6.24. The molecule has 1 aromatic carbocycles. The van der Waals surface area contributed by atoms with Crippen LogP contribution in [0.1, 0.15) is 38.4 Å². The lowest BCUT2D eigenvalue weighted by atomic mass is 9.94. The molecule has 0 saturated carbocycles. The molecule has 1 aliphatic heterocycles. The molecule has 0 spiro atoms. The van der Waals surface area contributed by atoms with Gasteiger partial charge in [0.05, 0.1) is 23.0 Å². The lowest BCUT2D eigenvalue weighted by molar-refractivity contribution is 0.0937. The van der Waals surface area contributed by atoms with E-state index in [-0.39, 0.29) is 23.6 Å². The Labute approximate surface area is 143 Å². The van der Waals surface area contributed by atoms with E-state index >= 15 is 0 Å². The van der Waals surface area contributed by atoms with E-state index in [1.165, 1.54) is 13.1 Å². The Kier molecular flexibility index (Phi) is 4.52. The van der Waals surface area contributed by atoms with Crippen molar-refractivity contribution in [3.63, 3.8) is 0 Å². The highest BCUT2D eigenvalue weighted by Gasteiger charge is 2.25. The van der Waals surface area contributed by atoms with E-state index in [2.05, 4.69) is 10.4 Å². The molecule has 1 atom stereocenters. The standard InChI is InChI=1S/C17H18F2N4O2/c1-9-4-14(19)11(6-13(9)18)17(25)21-7-10-2-3-23-15(5-10)12(8-22-23)16(20)24/h4,6,8,10H,2-3,5,7H2,1H3,(H2,20,24)(H,21,25)/t10-/m1/s1. The molecule has 0 bridgehead atoms. The molecule has 3 N–H and O–H groups in total. The summed E-state index contributed by atoms with van der Waals surface area (Å²) in [4.78, 5) is 23.5. The van der Waals surface area contributed by atoms with E-state index in [9.17, 15) is 18.4 Å². The normalized spacial score (nSPS) is 16.4. The zero-order valence-corrected chi connectivity index (χ0v) is 13.7. The van der Waals surface area contributed by atoms with Crippen LogP contribution in [0, 0.1) is 24.5 Å². The Hall–Kier alpha value is -2.77. The van der Waals surface area contributed by atoms with Crippen molar-refractivity contribution in [1.29, 1.82) is 0 Å². The fourth-order valence-electron chi connectivity index (χ4n) is 3.03. The zero-order chi connectivity index (χ0) is 18.1. The van der Waals surface area contributed by atoms with Gasteiger partial charge >= 0.3 is 0 Å². The Bertz CT molecular complexity index is 847. The second-order valence-electron chi connectivity index (χ2n) is 6.24. The van der Waals surface area contributed by atoms with Crippen molar-refractivity contribution in [2.45, 2.75) is 26.3 Å². The summed E-state index contributed by atoms with van der Waals surface area (Å²) in [7, 11) is 0. The third-order valence-corrected chi connectivity index (χ3v) is 4.49. The van der Waals surface area contributed by atoms with Gasteiger partial charge in [-0.15, -0.1) is 0 Å². The number of aromatic nitrogens is 2. The van der Waals surface area contributed by atoms with Gasteiger partial charge in [-0.05, 0) is 43.4 Å². The van der Waals surface area contributed by atoms with Crippen LogP contribution in [0.15, 0.2) is 18.3 Å². The average Bonchev–Trinajstić information content (AvgIpc) is 2.99. The monoisotopic (exact) mass is 348 g/mol. The number of hydrogen-bond acceptors (Lipinski definition) is 3. The second kappa shape index (κ2) is 6.62. The molecule has 2 amide bonds. The highest BCUT2D eigenvalue weighted by Crippen LogP contribution is 2.22. The summed E-state index contributed by atoms with van der Waals surface area (Å²) in [6.07, 6.45) is 2.73. The molecular weight excluding hydrogens is 330 g/mol. The number of fused-ring (bicyclic) bond motifs is 1. The number of nitrogens with two attached hydrogens (primary N) is 1. The molecular formula is C17H18F2N4O2. The van der Waals surface area contributed by atoms with Crippen molar-refractivity contribution in [2.24, 2.45) is 11.7 Å². The quantitative estimate of drug-likeness (QED) is 0.879. The van der Waals surface area contributed by atoms with Gasteiger partial charge in [-0.25, -0.2) is 8.78 Å². The van der Waals surface area contributed by atoms with E-state index in [0.29, 0.717) is 18.5 Å². The lowest BCUT2D eigenvalue weighted by Gasteiger charge is -2.24. The molecule has 2 aromatic rings. The minimum absolute atomic E-state index is 0.0598. The number of nitrogens with zero attached hydrogens (tertiary/aromatic N) is 2. The number of halogens is 2. The van der Waals surface area contributed by atoms with Gasteiger partial charge in [0, 0.05) is 13.1 Å². The van der Waals surface area contributed by atoms with E-state index in [4.69, 9.17) is 5.73 Å². The van der Waals surface area contributed by atoms with Crippen LogP contribution < -0.4 is 11.1 Å². The minimum Gasteiger partial charge on any atom is -0.365 e. The summed E-state index contributed by atoms with van der Waals surface area (Å²) in [6, 6.07) is 1.91.